The number of carbonyl (C=O) groups excluding carboxylic acids is 1. The Balaban J connectivity index is 1.44. The molecule has 3 rings (SSSR count). The van der Waals surface area contributed by atoms with Crippen LogP contribution in [0.3, 0.4) is 0 Å². The number of aromatic nitrogens is 1. The number of fused-ring (bicyclic) bond motifs is 1. The van der Waals surface area contributed by atoms with Gasteiger partial charge in [0.05, 0.1) is 5.92 Å². The highest BCUT2D eigenvalue weighted by Gasteiger charge is 2.25. The fourth-order valence-corrected chi connectivity index (χ4v) is 3.80. The summed E-state index contributed by atoms with van der Waals surface area (Å²) in [5.74, 6) is -0.475. The van der Waals surface area contributed by atoms with Crippen LogP contribution < -0.4 is 5.32 Å². The number of benzene rings is 1. The van der Waals surface area contributed by atoms with E-state index in [9.17, 15) is 9.59 Å². The highest BCUT2D eigenvalue weighted by atomic mass is 35.5. The van der Waals surface area contributed by atoms with E-state index in [0.717, 1.165) is 28.8 Å². The Morgan fingerprint density at radius 2 is 1.96 bits per heavy atom. The van der Waals surface area contributed by atoms with Gasteiger partial charge in [-0.1, -0.05) is 17.7 Å². The molecule has 1 aromatic heterocycles. The first-order valence-corrected chi connectivity index (χ1v) is 9.15. The molecule has 5 nitrogen and oxygen atoms in total. The fourth-order valence-electron chi connectivity index (χ4n) is 3.56. The zero-order valence-electron chi connectivity index (χ0n) is 14.1. The van der Waals surface area contributed by atoms with Gasteiger partial charge in [0.1, 0.15) is 0 Å². The average molecular weight is 363 g/mol. The monoisotopic (exact) mass is 362 g/mol. The number of hydrogen-bond acceptors (Lipinski definition) is 2. The van der Waals surface area contributed by atoms with Crippen LogP contribution in [0, 0.1) is 11.8 Å². The van der Waals surface area contributed by atoms with Crippen LogP contribution in [0.4, 0.5) is 0 Å². The molecule has 1 saturated carbocycles. The SMILES string of the molecule is O=C(CCn1ccc2c(Cl)cccc21)NCC1CCC(C(=O)O)CC1. The molecular formula is C19H23ClN2O3. The lowest BCUT2D eigenvalue weighted by Gasteiger charge is -2.26. The zero-order chi connectivity index (χ0) is 17.8. The summed E-state index contributed by atoms with van der Waals surface area (Å²) in [5.41, 5.74) is 1.03. The fraction of sp³-hybridized carbons (Fsp3) is 0.474. The molecule has 6 heteroatoms. The van der Waals surface area contributed by atoms with Gasteiger partial charge in [-0.05, 0) is 49.8 Å². The third kappa shape index (κ3) is 4.34. The molecule has 0 unspecified atom stereocenters. The van der Waals surface area contributed by atoms with Gasteiger partial charge in [0.2, 0.25) is 5.91 Å². The first-order valence-electron chi connectivity index (χ1n) is 8.77. The predicted octanol–water partition coefficient (Wildman–Crippen LogP) is 3.69. The summed E-state index contributed by atoms with van der Waals surface area (Å²) in [6.07, 6.45) is 5.55. The van der Waals surface area contributed by atoms with Gasteiger partial charge < -0.3 is 15.0 Å². The van der Waals surface area contributed by atoms with Crippen molar-refractivity contribution in [2.45, 2.75) is 38.6 Å². The van der Waals surface area contributed by atoms with Crippen molar-refractivity contribution in [1.29, 1.82) is 0 Å². The highest BCUT2D eigenvalue weighted by molar-refractivity contribution is 6.35. The normalized spacial score (nSPS) is 20.5. The molecule has 134 valence electrons. The maximum absolute atomic E-state index is 12.1. The van der Waals surface area contributed by atoms with Gasteiger partial charge in [-0.3, -0.25) is 9.59 Å². The number of amides is 1. The molecule has 1 aliphatic rings. The van der Waals surface area contributed by atoms with Crippen molar-refractivity contribution in [3.8, 4) is 0 Å². The van der Waals surface area contributed by atoms with Crippen molar-refractivity contribution in [1.82, 2.24) is 9.88 Å². The number of carbonyl (C=O) groups is 2. The smallest absolute Gasteiger partial charge is 0.306 e. The van der Waals surface area contributed by atoms with Gasteiger partial charge in [-0.15, -0.1) is 0 Å². The molecule has 1 heterocycles. The Labute approximate surface area is 152 Å². The number of rotatable bonds is 6. The number of halogens is 1. The molecule has 1 aliphatic carbocycles. The minimum Gasteiger partial charge on any atom is -0.481 e. The molecule has 0 radical (unpaired) electrons. The Hall–Kier alpha value is -2.01. The summed E-state index contributed by atoms with van der Waals surface area (Å²) in [7, 11) is 0. The molecular weight excluding hydrogens is 340 g/mol. The van der Waals surface area contributed by atoms with E-state index in [1.54, 1.807) is 0 Å². The van der Waals surface area contributed by atoms with E-state index in [4.69, 9.17) is 16.7 Å². The number of nitrogens with one attached hydrogen (secondary N) is 1. The van der Waals surface area contributed by atoms with Crippen molar-refractivity contribution < 1.29 is 14.7 Å². The second-order valence-corrected chi connectivity index (χ2v) is 7.20. The molecule has 0 saturated heterocycles. The van der Waals surface area contributed by atoms with Crippen LogP contribution in [0.2, 0.25) is 5.02 Å². The van der Waals surface area contributed by atoms with Crippen LogP contribution in [0.15, 0.2) is 30.5 Å². The Morgan fingerprint density at radius 1 is 1.20 bits per heavy atom. The van der Waals surface area contributed by atoms with E-state index in [2.05, 4.69) is 5.32 Å². The standard InChI is InChI=1S/C19H23ClN2O3/c20-16-2-1-3-17-15(16)8-10-22(17)11-9-18(23)21-12-13-4-6-14(7-5-13)19(24)25/h1-3,8,10,13-14H,4-7,9,11-12H2,(H,21,23)(H,24,25). The van der Waals surface area contributed by atoms with E-state index >= 15 is 0 Å². The Kier molecular flexibility index (Phi) is 5.63. The lowest BCUT2D eigenvalue weighted by molar-refractivity contribution is -0.143. The van der Waals surface area contributed by atoms with E-state index in [0.29, 0.717) is 38.3 Å². The summed E-state index contributed by atoms with van der Waals surface area (Å²) in [4.78, 5) is 23.1. The van der Waals surface area contributed by atoms with Crippen LogP contribution in [-0.4, -0.2) is 28.1 Å². The van der Waals surface area contributed by atoms with E-state index in [1.165, 1.54) is 0 Å². The largest absolute Gasteiger partial charge is 0.481 e. The van der Waals surface area contributed by atoms with Crippen molar-refractivity contribution in [3.05, 3.63) is 35.5 Å². The molecule has 2 N–H and O–H groups in total. The van der Waals surface area contributed by atoms with Crippen LogP contribution in [0.25, 0.3) is 10.9 Å². The summed E-state index contributed by atoms with van der Waals surface area (Å²) >= 11 is 6.17. The summed E-state index contributed by atoms with van der Waals surface area (Å²) in [6.45, 7) is 1.25. The number of carboxylic acid groups (broad SMARTS) is 1. The zero-order valence-corrected chi connectivity index (χ0v) is 14.8. The van der Waals surface area contributed by atoms with Crippen LogP contribution in [0.1, 0.15) is 32.1 Å². The van der Waals surface area contributed by atoms with E-state index in [1.807, 2.05) is 35.0 Å². The lowest BCUT2D eigenvalue weighted by Crippen LogP contribution is -2.32. The topological polar surface area (TPSA) is 71.3 Å². The second-order valence-electron chi connectivity index (χ2n) is 6.79. The van der Waals surface area contributed by atoms with Crippen LogP contribution in [-0.2, 0) is 16.1 Å². The first-order chi connectivity index (χ1) is 12.0. The molecule has 1 aromatic carbocycles. The van der Waals surface area contributed by atoms with Gasteiger partial charge in [-0.2, -0.15) is 0 Å². The molecule has 0 spiro atoms. The molecule has 1 amide bonds. The average Bonchev–Trinajstić information content (AvgIpc) is 3.03. The van der Waals surface area contributed by atoms with Gasteiger partial charge in [-0.25, -0.2) is 0 Å². The predicted molar refractivity (Wildman–Crippen MR) is 97.7 cm³/mol. The lowest BCUT2D eigenvalue weighted by atomic mass is 9.82. The summed E-state index contributed by atoms with van der Waals surface area (Å²) in [6, 6.07) is 7.74. The van der Waals surface area contributed by atoms with E-state index in [-0.39, 0.29) is 11.8 Å². The first kappa shape index (κ1) is 17.8. The van der Waals surface area contributed by atoms with Gasteiger partial charge in [0, 0.05) is 41.6 Å². The molecule has 1 fully saturated rings. The molecule has 25 heavy (non-hydrogen) atoms. The van der Waals surface area contributed by atoms with Gasteiger partial charge in [0.25, 0.3) is 0 Å². The molecule has 2 aromatic rings. The van der Waals surface area contributed by atoms with E-state index < -0.39 is 5.97 Å². The molecule has 0 atom stereocenters. The second kappa shape index (κ2) is 7.91. The molecule has 0 bridgehead atoms. The maximum atomic E-state index is 12.1. The van der Waals surface area contributed by atoms with Crippen LogP contribution in [0.5, 0.6) is 0 Å². The minimum atomic E-state index is -0.693. The number of carboxylic acids is 1. The summed E-state index contributed by atoms with van der Waals surface area (Å²) in [5, 5.41) is 13.7. The third-order valence-corrected chi connectivity index (χ3v) is 5.45. The molecule has 0 aliphatic heterocycles. The summed E-state index contributed by atoms with van der Waals surface area (Å²) < 4.78 is 2.04. The maximum Gasteiger partial charge on any atom is 0.306 e. The third-order valence-electron chi connectivity index (χ3n) is 5.12. The van der Waals surface area contributed by atoms with Crippen molar-refractivity contribution in [2.24, 2.45) is 11.8 Å². The number of aliphatic carboxylic acids is 1. The number of nitrogens with zero attached hydrogens (tertiary/aromatic N) is 1. The number of hydrogen-bond donors (Lipinski definition) is 2. The van der Waals surface area contributed by atoms with Crippen molar-refractivity contribution >= 4 is 34.4 Å². The van der Waals surface area contributed by atoms with Crippen molar-refractivity contribution in [3.63, 3.8) is 0 Å². The Morgan fingerprint density at radius 3 is 2.68 bits per heavy atom. The highest BCUT2D eigenvalue weighted by Crippen LogP contribution is 2.28. The minimum absolute atomic E-state index is 0.0317. The number of aryl methyl sites for hydroxylation is 1. The Bertz CT molecular complexity index is 763. The van der Waals surface area contributed by atoms with Crippen LogP contribution >= 0.6 is 11.6 Å². The van der Waals surface area contributed by atoms with Gasteiger partial charge >= 0.3 is 5.97 Å². The van der Waals surface area contributed by atoms with Gasteiger partial charge in [0.15, 0.2) is 0 Å². The quantitative estimate of drug-likeness (QED) is 0.823. The van der Waals surface area contributed by atoms with Crippen molar-refractivity contribution in [2.75, 3.05) is 6.54 Å².